The van der Waals surface area contributed by atoms with Crippen molar-refractivity contribution < 1.29 is 4.39 Å². The number of hydrogen-bond donors (Lipinski definition) is 0. The average Bonchev–Trinajstić information content (AvgIpc) is 2.48. The maximum Gasteiger partial charge on any atom is 0.124 e. The van der Waals surface area contributed by atoms with Gasteiger partial charge in [-0.2, -0.15) is 0 Å². The third-order valence-electron chi connectivity index (χ3n) is 3.50. The van der Waals surface area contributed by atoms with Crippen molar-refractivity contribution in [2.24, 2.45) is 0 Å². The van der Waals surface area contributed by atoms with Gasteiger partial charge in [0.15, 0.2) is 0 Å². The molecule has 0 aliphatic heterocycles. The fourth-order valence-electron chi connectivity index (χ4n) is 2.29. The van der Waals surface area contributed by atoms with E-state index in [0.717, 1.165) is 37.7 Å². The Bertz CT molecular complexity index is 627. The van der Waals surface area contributed by atoms with Crippen molar-refractivity contribution in [3.8, 4) is 0 Å². The lowest BCUT2D eigenvalue weighted by Crippen LogP contribution is -2.33. The molecule has 0 spiro atoms. The standard InChI is InChI=1S/C16H13Br3ClF/c17-9-16(10-18,13-3-1-2-4-15(13)20)8-11-5-6-12(21)7-14(11)19/h1-7H,8-10H2. The topological polar surface area (TPSA) is 0 Å². The summed E-state index contributed by atoms with van der Waals surface area (Å²) in [5.41, 5.74) is 1.94. The van der Waals surface area contributed by atoms with Crippen LogP contribution >= 0.6 is 59.4 Å². The Hall–Kier alpha value is 0.1000. The lowest BCUT2D eigenvalue weighted by Gasteiger charge is -2.32. The molecule has 0 saturated heterocycles. The maximum atomic E-state index is 13.3. The second-order valence-electron chi connectivity index (χ2n) is 4.94. The number of alkyl halides is 2. The molecule has 0 radical (unpaired) electrons. The second-order valence-corrected chi connectivity index (χ2v) is 7.32. The van der Waals surface area contributed by atoms with E-state index in [0.29, 0.717) is 0 Å². The summed E-state index contributed by atoms with van der Waals surface area (Å²) >= 11 is 17.1. The zero-order valence-electron chi connectivity index (χ0n) is 11.1. The Morgan fingerprint density at radius 1 is 1.05 bits per heavy atom. The molecule has 0 aliphatic carbocycles. The molecule has 0 fully saturated rings. The maximum absolute atomic E-state index is 13.3. The lowest BCUT2D eigenvalue weighted by molar-refractivity contribution is 0.548. The van der Waals surface area contributed by atoms with Crippen LogP contribution in [0.5, 0.6) is 0 Å². The number of halogens is 5. The fourth-order valence-corrected chi connectivity index (χ4v) is 5.05. The summed E-state index contributed by atoms with van der Waals surface area (Å²) in [6.07, 6.45) is 0.744. The van der Waals surface area contributed by atoms with Crippen LogP contribution in [0.25, 0.3) is 0 Å². The molecule has 0 bridgehead atoms. The molecule has 5 heteroatoms. The highest BCUT2D eigenvalue weighted by Crippen LogP contribution is 2.38. The Labute approximate surface area is 154 Å². The van der Waals surface area contributed by atoms with Gasteiger partial charge in [0.1, 0.15) is 5.82 Å². The van der Waals surface area contributed by atoms with Crippen LogP contribution in [0.4, 0.5) is 4.39 Å². The van der Waals surface area contributed by atoms with E-state index in [4.69, 9.17) is 11.6 Å². The molecule has 0 nitrogen and oxygen atoms in total. The molecule has 0 aromatic heterocycles. The predicted molar refractivity (Wildman–Crippen MR) is 98.5 cm³/mol. The van der Waals surface area contributed by atoms with Gasteiger partial charge in [-0.15, -0.1) is 0 Å². The van der Waals surface area contributed by atoms with Crippen LogP contribution in [0, 0.1) is 5.82 Å². The summed E-state index contributed by atoms with van der Waals surface area (Å²) in [5, 5.41) is 2.24. The molecule has 0 amide bonds. The average molecular weight is 499 g/mol. The fraction of sp³-hybridized carbons (Fsp3) is 0.250. The zero-order valence-corrected chi connectivity index (χ0v) is 16.6. The van der Waals surface area contributed by atoms with Crippen molar-refractivity contribution >= 4 is 59.4 Å². The van der Waals surface area contributed by atoms with Crippen LogP contribution in [0.3, 0.4) is 0 Å². The number of benzene rings is 2. The molecule has 0 unspecified atom stereocenters. The lowest BCUT2D eigenvalue weighted by atomic mass is 9.79. The molecule has 0 saturated carbocycles. The van der Waals surface area contributed by atoms with Crippen molar-refractivity contribution in [1.29, 1.82) is 0 Å². The van der Waals surface area contributed by atoms with Crippen LogP contribution < -0.4 is 0 Å². The van der Waals surface area contributed by atoms with Crippen LogP contribution in [0.1, 0.15) is 11.1 Å². The Morgan fingerprint density at radius 3 is 2.29 bits per heavy atom. The third-order valence-corrected chi connectivity index (χ3v) is 6.72. The summed E-state index contributed by atoms with van der Waals surface area (Å²) < 4.78 is 14.0. The van der Waals surface area contributed by atoms with Crippen molar-refractivity contribution in [2.45, 2.75) is 11.8 Å². The summed E-state index contributed by atoms with van der Waals surface area (Å²) in [4.78, 5) is 0. The Balaban J connectivity index is 2.46. The van der Waals surface area contributed by atoms with Crippen LogP contribution in [-0.4, -0.2) is 10.7 Å². The molecular weight excluding hydrogens is 486 g/mol. The van der Waals surface area contributed by atoms with Crippen molar-refractivity contribution in [2.75, 3.05) is 10.7 Å². The molecule has 0 N–H and O–H groups in total. The van der Waals surface area contributed by atoms with E-state index in [1.54, 1.807) is 0 Å². The first-order chi connectivity index (χ1) is 10.0. The summed E-state index contributed by atoms with van der Waals surface area (Å²) in [7, 11) is 0. The normalized spacial score (nSPS) is 11.7. The quantitative estimate of drug-likeness (QED) is 0.412. The van der Waals surface area contributed by atoms with E-state index in [1.165, 1.54) is 12.1 Å². The largest absolute Gasteiger partial charge is 0.207 e. The highest BCUT2D eigenvalue weighted by molar-refractivity contribution is 9.10. The van der Waals surface area contributed by atoms with E-state index in [1.807, 2.05) is 30.3 Å². The molecule has 0 atom stereocenters. The van der Waals surface area contributed by atoms with Gasteiger partial charge in [0.05, 0.1) is 0 Å². The van der Waals surface area contributed by atoms with E-state index in [2.05, 4.69) is 47.8 Å². The molecule has 0 aliphatic rings. The van der Waals surface area contributed by atoms with Gasteiger partial charge in [0.2, 0.25) is 0 Å². The van der Waals surface area contributed by atoms with Gasteiger partial charge in [-0.25, -0.2) is 4.39 Å². The minimum absolute atomic E-state index is 0.196. The van der Waals surface area contributed by atoms with Gasteiger partial charge in [-0.3, -0.25) is 0 Å². The highest BCUT2D eigenvalue weighted by atomic mass is 79.9. The van der Waals surface area contributed by atoms with E-state index in [-0.39, 0.29) is 11.2 Å². The molecule has 2 aromatic rings. The van der Waals surface area contributed by atoms with E-state index in [9.17, 15) is 4.39 Å². The van der Waals surface area contributed by atoms with Crippen LogP contribution in [0.15, 0.2) is 46.9 Å². The first-order valence-electron chi connectivity index (χ1n) is 6.33. The minimum Gasteiger partial charge on any atom is -0.207 e. The van der Waals surface area contributed by atoms with E-state index >= 15 is 0 Å². The van der Waals surface area contributed by atoms with Crippen molar-refractivity contribution in [1.82, 2.24) is 0 Å². The summed E-state index contributed by atoms with van der Waals surface area (Å²) in [5.74, 6) is -0.244. The summed E-state index contributed by atoms with van der Waals surface area (Å²) in [6, 6.07) is 12.7. The van der Waals surface area contributed by atoms with Crippen LogP contribution in [0.2, 0.25) is 5.02 Å². The molecule has 112 valence electrons. The van der Waals surface area contributed by atoms with Gasteiger partial charge in [0.25, 0.3) is 0 Å². The van der Waals surface area contributed by atoms with Gasteiger partial charge < -0.3 is 0 Å². The molecule has 2 rings (SSSR count). The Kier molecular flexibility index (Phi) is 6.30. The van der Waals surface area contributed by atoms with Gasteiger partial charge in [-0.05, 0) is 35.7 Å². The molecule has 0 heterocycles. The van der Waals surface area contributed by atoms with Crippen molar-refractivity contribution in [3.63, 3.8) is 0 Å². The first-order valence-corrected chi connectivity index (χ1v) is 9.74. The second kappa shape index (κ2) is 7.58. The van der Waals surface area contributed by atoms with Crippen molar-refractivity contribution in [3.05, 3.63) is 68.9 Å². The van der Waals surface area contributed by atoms with E-state index < -0.39 is 0 Å². The number of hydrogen-bond acceptors (Lipinski definition) is 0. The zero-order chi connectivity index (χ0) is 15.5. The first kappa shape index (κ1) is 17.5. The third kappa shape index (κ3) is 3.90. The Morgan fingerprint density at radius 2 is 1.71 bits per heavy atom. The SMILES string of the molecule is Fc1ccc(CC(CBr)(CBr)c2ccccc2Cl)c(Br)c1. The monoisotopic (exact) mass is 496 g/mol. The highest BCUT2D eigenvalue weighted by Gasteiger charge is 2.33. The molecular formula is C16H13Br3ClF. The molecule has 21 heavy (non-hydrogen) atoms. The summed E-state index contributed by atoms with van der Waals surface area (Å²) in [6.45, 7) is 0. The molecule has 2 aromatic carbocycles. The smallest absolute Gasteiger partial charge is 0.124 e. The van der Waals surface area contributed by atoms with Gasteiger partial charge in [-0.1, -0.05) is 83.7 Å². The predicted octanol–water partition coefficient (Wildman–Crippen LogP) is 6.51. The van der Waals surface area contributed by atoms with Gasteiger partial charge >= 0.3 is 0 Å². The van der Waals surface area contributed by atoms with Gasteiger partial charge in [0, 0.05) is 25.6 Å². The van der Waals surface area contributed by atoms with Crippen LogP contribution in [-0.2, 0) is 11.8 Å². The minimum atomic E-state index is -0.244. The number of rotatable bonds is 5.